The number of unbranched alkanes of at least 4 members (excludes halogenated alkanes) is 2. The molecule has 0 radical (unpaired) electrons. The molecule has 1 fully saturated rings. The fraction of sp³-hybridized carbons (Fsp3) is 0.492. The monoisotopic (exact) mass is 1260 g/mol. The van der Waals surface area contributed by atoms with Crippen LogP contribution >= 0.6 is 0 Å². The van der Waals surface area contributed by atoms with E-state index in [1.807, 2.05) is 24.8 Å². The molecule has 3 aromatic carbocycles. The zero-order chi connectivity index (χ0) is 64.4. The molecule has 482 valence electrons. The van der Waals surface area contributed by atoms with Gasteiger partial charge in [0, 0.05) is 67.7 Å². The lowest BCUT2D eigenvalue weighted by atomic mass is 10.0. The Hall–Kier alpha value is -8.71. The molecule has 6 aliphatic rings. The Kier molecular flexibility index (Phi) is 21.4. The first-order valence-electron chi connectivity index (χ1n) is 30.0. The first-order valence-corrected chi connectivity index (χ1v) is 31.5. The topological polar surface area (TPSA) is 321 Å². The summed E-state index contributed by atoms with van der Waals surface area (Å²) >= 11 is 0. The summed E-state index contributed by atoms with van der Waals surface area (Å²) in [5.74, 6) is 4.83. The smallest absolute Gasteiger partial charge is 0.422 e. The number of aliphatic imine (C=N–C) groups is 1. The normalized spacial score (nSPS) is 21.1. The van der Waals surface area contributed by atoms with Crippen molar-refractivity contribution in [1.82, 2.24) is 29.9 Å². The number of carbonyl (C=O) groups excluding carboxylic acids is 7. The number of aliphatic hydroxyl groups excluding tert-OH is 1. The largest absolute Gasteiger partial charge is 0.493 e. The van der Waals surface area contributed by atoms with Crippen LogP contribution in [0.5, 0.6) is 23.0 Å². The van der Waals surface area contributed by atoms with Crippen molar-refractivity contribution in [1.29, 1.82) is 0 Å². The molecule has 90 heavy (non-hydrogen) atoms. The molecule has 4 aliphatic heterocycles. The Bertz CT molecular complexity index is 3490. The Balaban J connectivity index is 0.724. The van der Waals surface area contributed by atoms with E-state index >= 15 is 0 Å². The van der Waals surface area contributed by atoms with Crippen molar-refractivity contribution in [2.45, 2.75) is 136 Å². The number of ether oxygens (including phenoxy) is 7. The number of carbonyl (C=O) groups is 7. The van der Waals surface area contributed by atoms with Crippen molar-refractivity contribution in [2.24, 2.45) is 22.7 Å². The number of methoxy groups -OCH3 is 2. The van der Waals surface area contributed by atoms with Crippen LogP contribution in [-0.2, 0) is 45.4 Å². The number of rotatable bonds is 26. The zero-order valence-corrected chi connectivity index (χ0v) is 52.1. The third-order valence-electron chi connectivity index (χ3n) is 16.2. The number of nitrogens with one attached hydrogen (secondary N) is 5. The molecule has 7 amide bonds. The second-order valence-corrected chi connectivity index (χ2v) is 24.7. The van der Waals surface area contributed by atoms with Gasteiger partial charge in [-0.05, 0) is 101 Å². The van der Waals surface area contributed by atoms with E-state index in [1.54, 1.807) is 67.6 Å². The van der Waals surface area contributed by atoms with Crippen molar-refractivity contribution in [3.8, 4) is 34.8 Å². The number of fused-ring (bicyclic) bond motifs is 5. The van der Waals surface area contributed by atoms with Gasteiger partial charge in [0.15, 0.2) is 29.2 Å². The van der Waals surface area contributed by atoms with E-state index in [0.29, 0.717) is 72.7 Å². The lowest BCUT2D eigenvalue weighted by molar-refractivity contribution is -0.133. The summed E-state index contributed by atoms with van der Waals surface area (Å²) in [7, 11) is -1.34. The molecule has 0 spiro atoms. The van der Waals surface area contributed by atoms with Gasteiger partial charge in [-0.25, -0.2) is 19.2 Å². The highest BCUT2D eigenvalue weighted by Crippen LogP contribution is 2.49. The van der Waals surface area contributed by atoms with Gasteiger partial charge < -0.3 is 64.0 Å². The van der Waals surface area contributed by atoms with Gasteiger partial charge in [0.2, 0.25) is 17.7 Å². The van der Waals surface area contributed by atoms with Crippen molar-refractivity contribution in [3.63, 3.8) is 0 Å². The predicted octanol–water partition coefficient (Wildman–Crippen LogP) is 6.11. The van der Waals surface area contributed by atoms with E-state index in [9.17, 15) is 47.1 Å². The zero-order valence-electron chi connectivity index (χ0n) is 51.3. The standard InChI is InChI=1S/C63H77N9O17S/c1-36(2)55(68-54(73)35-85-24-21-65-90(81,82)69-62(79)89-56-43-15-11-8-9-12-16-44(43)56)58(75)66-39(5)57(74)67-41-19-17-40(18-20-41)34-88-63(80)72-48-30-53(51(84-7)28-46(48)60(77)71-33-38(4)26-49(71)61(72)78)87-23-14-10-13-22-86-52-29-47-45(27-50(52)83-6)59(76)70-32-37(3)25-42(70)31-64-47/h17-20,27-33,36,39,42-44,49,55-56,61,65,78H,10-16,21-26,34-35H2,1-7H3,(H,66,75)(H,67,74)(H,68,73)(H,69,79)/t39-,42-,43-,44+,49-,55-,56?,61-/m0/s1. The van der Waals surface area contributed by atoms with Gasteiger partial charge in [-0.2, -0.15) is 13.1 Å². The van der Waals surface area contributed by atoms with Crippen LogP contribution < -0.4 is 49.2 Å². The van der Waals surface area contributed by atoms with Crippen LogP contribution in [0.4, 0.5) is 26.7 Å². The Morgan fingerprint density at radius 2 is 1.40 bits per heavy atom. The molecule has 4 heterocycles. The second kappa shape index (κ2) is 29.3. The Morgan fingerprint density at radius 3 is 2.07 bits per heavy atom. The van der Waals surface area contributed by atoms with Crippen LogP contribution in [0.1, 0.15) is 119 Å². The number of aliphatic hydroxyl groups is 1. The SMILES string of the molecule is COc1cc2c(cc1OCCCCCOc1cc3c(cc1OC)C(=O)N1C=C(C)C[C@H]1[C@H](O)N3C(=O)OCc1ccc(NC(=O)[C@H](C)NC(=O)[C@@H](NC(=O)COCCNS(=O)(=O)NC(=O)OC3[C@H]4CCC#CCC[C@@H]34)C(C)C)cc1)N=C[C@@H]1CC(C)=CN1C2=O. The van der Waals surface area contributed by atoms with Crippen LogP contribution in [-0.4, -0.2) is 155 Å². The van der Waals surface area contributed by atoms with Gasteiger partial charge in [0.25, 0.3) is 11.8 Å². The summed E-state index contributed by atoms with van der Waals surface area (Å²) in [6.45, 7) is 7.89. The van der Waals surface area contributed by atoms with Gasteiger partial charge in [0.05, 0.1) is 68.6 Å². The van der Waals surface area contributed by atoms with Crippen LogP contribution in [0.3, 0.4) is 0 Å². The molecule has 2 aliphatic carbocycles. The molecule has 0 aromatic heterocycles. The van der Waals surface area contributed by atoms with E-state index in [0.717, 1.165) is 35.3 Å². The second-order valence-electron chi connectivity index (χ2n) is 23.2. The van der Waals surface area contributed by atoms with Gasteiger partial charge in [-0.3, -0.25) is 29.0 Å². The number of nitrogens with zero attached hydrogens (tertiary/aromatic N) is 4. The molecule has 1 unspecified atom stereocenters. The maximum Gasteiger partial charge on any atom is 0.422 e. The molecule has 0 bridgehead atoms. The average Bonchev–Trinajstić information content (AvgIpc) is 1.61. The summed E-state index contributed by atoms with van der Waals surface area (Å²) in [5.41, 5.74) is 3.81. The molecular weight excluding hydrogens is 1190 g/mol. The summed E-state index contributed by atoms with van der Waals surface area (Å²) in [4.78, 5) is 102. The number of hydrogen-bond acceptors (Lipinski definition) is 18. The third-order valence-corrected chi connectivity index (χ3v) is 17.2. The molecule has 26 nitrogen and oxygen atoms in total. The van der Waals surface area contributed by atoms with Crippen LogP contribution in [0.2, 0.25) is 0 Å². The van der Waals surface area contributed by atoms with Gasteiger partial charge >= 0.3 is 22.4 Å². The summed E-state index contributed by atoms with van der Waals surface area (Å²) in [6.07, 6.45) is 7.22. The van der Waals surface area contributed by atoms with E-state index < -0.39 is 82.9 Å². The van der Waals surface area contributed by atoms with Crippen molar-refractivity contribution >= 4 is 75.2 Å². The maximum atomic E-state index is 14.2. The summed E-state index contributed by atoms with van der Waals surface area (Å²) < 4.78 is 68.9. The molecule has 6 N–H and O–H groups in total. The minimum atomic E-state index is -4.28. The maximum absolute atomic E-state index is 14.2. The Labute approximate surface area is 522 Å². The number of amides is 7. The minimum Gasteiger partial charge on any atom is -0.493 e. The number of benzene rings is 3. The minimum absolute atomic E-state index is 0.0463. The molecule has 9 rings (SSSR count). The Morgan fingerprint density at radius 1 is 0.767 bits per heavy atom. The predicted molar refractivity (Wildman–Crippen MR) is 328 cm³/mol. The van der Waals surface area contributed by atoms with E-state index in [1.165, 1.54) is 38.2 Å². The molecule has 8 atom stereocenters. The van der Waals surface area contributed by atoms with Crippen LogP contribution in [0.15, 0.2) is 77.1 Å². The lowest BCUT2D eigenvalue weighted by Gasteiger charge is -2.31. The molecule has 27 heteroatoms. The first kappa shape index (κ1) is 65.7. The highest BCUT2D eigenvalue weighted by Gasteiger charge is 2.52. The molecule has 3 aromatic rings. The van der Waals surface area contributed by atoms with E-state index in [4.69, 9.17) is 33.2 Å². The first-order chi connectivity index (χ1) is 43.1. The van der Waals surface area contributed by atoms with Crippen LogP contribution in [0.25, 0.3) is 0 Å². The highest BCUT2D eigenvalue weighted by atomic mass is 32.2. The fourth-order valence-electron chi connectivity index (χ4n) is 11.4. The van der Waals surface area contributed by atoms with E-state index in [-0.39, 0.29) is 85.4 Å². The molecule has 0 saturated heterocycles. The van der Waals surface area contributed by atoms with E-state index in [2.05, 4.69) is 37.5 Å². The summed E-state index contributed by atoms with van der Waals surface area (Å²) in [6, 6.07) is 9.57. The van der Waals surface area contributed by atoms with Crippen molar-refractivity contribution in [3.05, 3.63) is 88.8 Å². The molecular formula is C63H77N9O17S. The van der Waals surface area contributed by atoms with Gasteiger partial charge in [0.1, 0.15) is 31.4 Å². The van der Waals surface area contributed by atoms with Gasteiger partial charge in [-0.15, -0.1) is 11.8 Å². The van der Waals surface area contributed by atoms with Crippen LogP contribution in [0, 0.1) is 29.6 Å². The lowest BCUT2D eigenvalue weighted by Crippen LogP contribution is -2.54. The highest BCUT2D eigenvalue weighted by molar-refractivity contribution is 7.88. The molecule has 1 saturated carbocycles. The quantitative estimate of drug-likeness (QED) is 0.0390. The van der Waals surface area contributed by atoms with Crippen molar-refractivity contribution < 1.29 is 80.2 Å². The van der Waals surface area contributed by atoms with Gasteiger partial charge in [-0.1, -0.05) is 37.1 Å². The third kappa shape index (κ3) is 16.0. The van der Waals surface area contributed by atoms with Crippen molar-refractivity contribution in [2.75, 3.05) is 57.4 Å². The summed E-state index contributed by atoms with van der Waals surface area (Å²) in [5, 5.41) is 19.8. The number of anilines is 2. The fourth-order valence-corrected chi connectivity index (χ4v) is 12.1. The average molecular weight is 1260 g/mol. The number of hydrogen-bond donors (Lipinski definition) is 6.